The van der Waals surface area contributed by atoms with Gasteiger partial charge in [0.25, 0.3) is 0 Å². The molecule has 2 heterocycles. The molecule has 2 aliphatic heterocycles. The Hall–Kier alpha value is -0.0800. The highest BCUT2D eigenvalue weighted by Crippen LogP contribution is 2.40. The summed E-state index contributed by atoms with van der Waals surface area (Å²) in [6, 6.07) is 0.714. The normalized spacial score (nSPS) is 36.3. The van der Waals surface area contributed by atoms with Crippen LogP contribution in [0.3, 0.4) is 0 Å². The SMILES string of the molecule is C[C@@H]1NCCC12CCOCC2. The lowest BCUT2D eigenvalue weighted by atomic mass is 9.75. The summed E-state index contributed by atoms with van der Waals surface area (Å²) in [6.07, 6.45) is 3.89. The Morgan fingerprint density at radius 3 is 2.55 bits per heavy atom. The van der Waals surface area contributed by atoms with Crippen LogP contribution in [0.25, 0.3) is 0 Å². The molecular weight excluding hydrogens is 138 g/mol. The minimum Gasteiger partial charge on any atom is -0.381 e. The second-order valence-corrected chi connectivity index (χ2v) is 3.90. The van der Waals surface area contributed by atoms with Gasteiger partial charge in [-0.2, -0.15) is 0 Å². The zero-order chi connectivity index (χ0) is 7.73. The van der Waals surface area contributed by atoms with Gasteiger partial charge in [0.05, 0.1) is 0 Å². The van der Waals surface area contributed by atoms with Crippen molar-refractivity contribution in [1.82, 2.24) is 5.32 Å². The van der Waals surface area contributed by atoms with Crippen LogP contribution in [0.4, 0.5) is 0 Å². The highest BCUT2D eigenvalue weighted by Gasteiger charge is 2.40. The topological polar surface area (TPSA) is 21.3 Å². The average molecular weight is 155 g/mol. The fourth-order valence-corrected chi connectivity index (χ4v) is 2.43. The molecule has 0 aromatic rings. The van der Waals surface area contributed by atoms with E-state index in [0.717, 1.165) is 13.2 Å². The van der Waals surface area contributed by atoms with E-state index in [-0.39, 0.29) is 0 Å². The van der Waals surface area contributed by atoms with E-state index in [9.17, 15) is 0 Å². The van der Waals surface area contributed by atoms with Crippen molar-refractivity contribution in [2.24, 2.45) is 5.41 Å². The molecule has 64 valence electrons. The fourth-order valence-electron chi connectivity index (χ4n) is 2.43. The van der Waals surface area contributed by atoms with Crippen LogP contribution in [0.15, 0.2) is 0 Å². The van der Waals surface area contributed by atoms with Crippen LogP contribution in [0, 0.1) is 5.41 Å². The Morgan fingerprint density at radius 1 is 1.27 bits per heavy atom. The number of ether oxygens (including phenoxy) is 1. The highest BCUT2D eigenvalue weighted by atomic mass is 16.5. The van der Waals surface area contributed by atoms with Crippen molar-refractivity contribution in [3.8, 4) is 0 Å². The molecule has 0 aromatic heterocycles. The van der Waals surface area contributed by atoms with Crippen molar-refractivity contribution in [2.45, 2.75) is 32.2 Å². The molecule has 11 heavy (non-hydrogen) atoms. The first-order chi connectivity index (χ1) is 5.33. The van der Waals surface area contributed by atoms with Gasteiger partial charge < -0.3 is 10.1 Å². The first-order valence-electron chi connectivity index (χ1n) is 4.65. The van der Waals surface area contributed by atoms with E-state index in [2.05, 4.69) is 12.2 Å². The van der Waals surface area contributed by atoms with Crippen LogP contribution in [0.2, 0.25) is 0 Å². The Balaban J connectivity index is 2.06. The number of hydrogen-bond donors (Lipinski definition) is 1. The molecule has 2 heteroatoms. The van der Waals surface area contributed by atoms with E-state index in [1.807, 2.05) is 0 Å². The zero-order valence-corrected chi connectivity index (χ0v) is 7.23. The van der Waals surface area contributed by atoms with E-state index < -0.39 is 0 Å². The number of nitrogens with one attached hydrogen (secondary N) is 1. The summed E-state index contributed by atoms with van der Waals surface area (Å²) in [5, 5.41) is 3.52. The smallest absolute Gasteiger partial charge is 0.0471 e. The van der Waals surface area contributed by atoms with E-state index in [1.54, 1.807) is 0 Å². The average Bonchev–Trinajstić information content (AvgIpc) is 2.36. The molecular formula is C9H17NO. The molecule has 0 bridgehead atoms. The maximum atomic E-state index is 5.38. The minimum atomic E-state index is 0.595. The van der Waals surface area contributed by atoms with E-state index in [4.69, 9.17) is 4.74 Å². The van der Waals surface area contributed by atoms with Crippen molar-refractivity contribution in [3.63, 3.8) is 0 Å². The molecule has 2 saturated heterocycles. The number of rotatable bonds is 0. The van der Waals surface area contributed by atoms with Crippen LogP contribution in [0.5, 0.6) is 0 Å². The molecule has 2 nitrogen and oxygen atoms in total. The van der Waals surface area contributed by atoms with E-state index >= 15 is 0 Å². The predicted octanol–water partition coefficient (Wildman–Crippen LogP) is 1.17. The summed E-state index contributed by atoms with van der Waals surface area (Å²) in [5.41, 5.74) is 0.595. The lowest BCUT2D eigenvalue weighted by Gasteiger charge is -2.36. The quantitative estimate of drug-likeness (QED) is 0.567. The standard InChI is InChI=1S/C9H17NO/c1-8-9(2-5-10-8)3-6-11-7-4-9/h8,10H,2-7H2,1H3/t8-/m0/s1. The van der Waals surface area contributed by atoms with Gasteiger partial charge in [0.1, 0.15) is 0 Å². The van der Waals surface area contributed by atoms with Crippen molar-refractivity contribution < 1.29 is 4.74 Å². The lowest BCUT2D eigenvalue weighted by molar-refractivity contribution is 0.0111. The summed E-state index contributed by atoms with van der Waals surface area (Å²) >= 11 is 0. The second kappa shape index (κ2) is 2.76. The molecule has 0 unspecified atom stereocenters. The third-order valence-corrected chi connectivity index (χ3v) is 3.48. The molecule has 2 fully saturated rings. The van der Waals surface area contributed by atoms with Crippen LogP contribution in [-0.2, 0) is 4.74 Å². The van der Waals surface area contributed by atoms with Crippen molar-refractivity contribution in [1.29, 1.82) is 0 Å². The Labute approximate surface area is 68.3 Å². The molecule has 2 aliphatic rings. The van der Waals surface area contributed by atoms with Gasteiger partial charge in [-0.15, -0.1) is 0 Å². The summed E-state index contributed by atoms with van der Waals surface area (Å²) in [7, 11) is 0. The summed E-state index contributed by atoms with van der Waals surface area (Å²) < 4.78 is 5.38. The molecule has 0 aromatic carbocycles. The monoisotopic (exact) mass is 155 g/mol. The van der Waals surface area contributed by atoms with Gasteiger partial charge in [-0.25, -0.2) is 0 Å². The molecule has 0 radical (unpaired) electrons. The van der Waals surface area contributed by atoms with Crippen LogP contribution in [-0.4, -0.2) is 25.8 Å². The van der Waals surface area contributed by atoms with Crippen molar-refractivity contribution >= 4 is 0 Å². The third kappa shape index (κ3) is 1.18. The molecule has 1 N–H and O–H groups in total. The summed E-state index contributed by atoms with van der Waals surface area (Å²) in [4.78, 5) is 0. The van der Waals surface area contributed by atoms with Gasteiger partial charge in [0.2, 0.25) is 0 Å². The highest BCUT2D eigenvalue weighted by molar-refractivity contribution is 4.95. The first kappa shape index (κ1) is 7.56. The zero-order valence-electron chi connectivity index (χ0n) is 7.23. The lowest BCUT2D eigenvalue weighted by Crippen LogP contribution is -2.38. The maximum Gasteiger partial charge on any atom is 0.0471 e. The molecule has 0 aliphatic carbocycles. The van der Waals surface area contributed by atoms with E-state index in [0.29, 0.717) is 11.5 Å². The number of hydrogen-bond acceptors (Lipinski definition) is 2. The van der Waals surface area contributed by atoms with Gasteiger partial charge in [-0.05, 0) is 38.1 Å². The Morgan fingerprint density at radius 2 is 2.00 bits per heavy atom. The largest absolute Gasteiger partial charge is 0.381 e. The first-order valence-corrected chi connectivity index (χ1v) is 4.65. The Kier molecular flexibility index (Phi) is 1.90. The Bertz CT molecular complexity index is 140. The van der Waals surface area contributed by atoms with Crippen molar-refractivity contribution in [2.75, 3.05) is 19.8 Å². The van der Waals surface area contributed by atoms with Gasteiger partial charge in [-0.3, -0.25) is 0 Å². The minimum absolute atomic E-state index is 0.595. The molecule has 0 saturated carbocycles. The van der Waals surface area contributed by atoms with Gasteiger partial charge in [0, 0.05) is 19.3 Å². The van der Waals surface area contributed by atoms with Crippen LogP contribution in [0.1, 0.15) is 26.2 Å². The molecule has 1 atom stereocenters. The maximum absolute atomic E-state index is 5.38. The van der Waals surface area contributed by atoms with E-state index in [1.165, 1.54) is 25.8 Å². The summed E-state index contributed by atoms with van der Waals surface area (Å²) in [5.74, 6) is 0. The summed E-state index contributed by atoms with van der Waals surface area (Å²) in [6.45, 7) is 5.48. The van der Waals surface area contributed by atoms with Crippen LogP contribution < -0.4 is 5.32 Å². The second-order valence-electron chi connectivity index (χ2n) is 3.90. The molecule has 2 rings (SSSR count). The van der Waals surface area contributed by atoms with Crippen molar-refractivity contribution in [3.05, 3.63) is 0 Å². The third-order valence-electron chi connectivity index (χ3n) is 3.48. The van der Waals surface area contributed by atoms with Gasteiger partial charge in [-0.1, -0.05) is 0 Å². The molecule has 0 amide bonds. The molecule has 1 spiro atoms. The van der Waals surface area contributed by atoms with Gasteiger partial charge >= 0.3 is 0 Å². The fraction of sp³-hybridized carbons (Fsp3) is 1.00. The predicted molar refractivity (Wildman–Crippen MR) is 44.6 cm³/mol. The van der Waals surface area contributed by atoms with Crippen LogP contribution >= 0.6 is 0 Å². The van der Waals surface area contributed by atoms with Gasteiger partial charge in [0.15, 0.2) is 0 Å².